The third-order valence-electron chi connectivity index (χ3n) is 24.2. The van der Waals surface area contributed by atoms with E-state index in [0.717, 1.165) is 95.4 Å². The van der Waals surface area contributed by atoms with Gasteiger partial charge in [-0.1, -0.05) is 189 Å². The molecule has 8 fully saturated rings. The third-order valence-corrected chi connectivity index (χ3v) is 24.2. The van der Waals surface area contributed by atoms with Crippen LogP contribution in [-0.4, -0.2) is 46.1 Å². The van der Waals surface area contributed by atoms with E-state index in [-0.39, 0.29) is 0 Å². The molecular formula is C69H126N2. The summed E-state index contributed by atoms with van der Waals surface area (Å²) in [5.41, 5.74) is 0.680. The van der Waals surface area contributed by atoms with Gasteiger partial charge < -0.3 is 0 Å². The number of fused-ring (bicyclic) bond motifs is 3. The highest BCUT2D eigenvalue weighted by atomic mass is 15.2. The molecule has 8 saturated carbocycles. The number of hydrogen-bond donors (Lipinski definition) is 0. The van der Waals surface area contributed by atoms with E-state index < -0.39 is 0 Å². The molecule has 0 aromatic carbocycles. The van der Waals surface area contributed by atoms with Gasteiger partial charge in [-0.25, -0.2) is 0 Å². The zero-order valence-electron chi connectivity index (χ0n) is 49.2. The van der Waals surface area contributed by atoms with Gasteiger partial charge in [0.05, 0.1) is 0 Å². The number of unbranched alkanes of at least 4 members (excludes halogenated alkanes) is 12. The normalized spacial score (nSPS) is 38.9. The summed E-state index contributed by atoms with van der Waals surface area (Å²) in [6.07, 6.45) is 69.7. The van der Waals surface area contributed by atoms with Gasteiger partial charge in [-0.3, -0.25) is 9.80 Å². The first-order valence-electron chi connectivity index (χ1n) is 34.4. The Labute approximate surface area is 445 Å². The molecule has 0 amide bonds. The summed E-state index contributed by atoms with van der Waals surface area (Å²) < 4.78 is 0. The lowest BCUT2D eigenvalue weighted by molar-refractivity contribution is -0.0344. The topological polar surface area (TPSA) is 6.48 Å². The SMILES string of the molecule is CCCCCCCCC1(CCCCCCCC)C2CC(C)CCC2C2CCC(C3CCC(N(C4CCC(N(C5CCC(C)CC5)C5CCCC(CCCC)C5)CC4)C4CCCC(CCCC)C4)CC3)CC21. The first kappa shape index (κ1) is 57.1. The van der Waals surface area contributed by atoms with Crippen LogP contribution in [0.3, 0.4) is 0 Å². The number of nitrogens with zero attached hydrogens (tertiary/aromatic N) is 2. The molecule has 8 aliphatic rings. The van der Waals surface area contributed by atoms with Crippen molar-refractivity contribution in [2.75, 3.05) is 0 Å². The van der Waals surface area contributed by atoms with Gasteiger partial charge in [0.25, 0.3) is 0 Å². The maximum atomic E-state index is 3.41. The van der Waals surface area contributed by atoms with E-state index in [2.05, 4.69) is 51.3 Å². The van der Waals surface area contributed by atoms with Crippen molar-refractivity contribution in [1.82, 2.24) is 9.80 Å². The van der Waals surface area contributed by atoms with Crippen LogP contribution in [0, 0.1) is 64.6 Å². The summed E-state index contributed by atoms with van der Waals surface area (Å²) in [4.78, 5) is 6.73. The molecule has 412 valence electrons. The van der Waals surface area contributed by atoms with Crippen LogP contribution in [0.5, 0.6) is 0 Å². The summed E-state index contributed by atoms with van der Waals surface area (Å²) in [5.74, 6) is 10.3. The molecule has 0 radical (unpaired) electrons. The van der Waals surface area contributed by atoms with Crippen molar-refractivity contribution in [3.8, 4) is 0 Å². The molecule has 2 heteroatoms. The van der Waals surface area contributed by atoms with E-state index in [0.29, 0.717) is 5.41 Å². The predicted molar refractivity (Wildman–Crippen MR) is 310 cm³/mol. The van der Waals surface area contributed by atoms with Crippen LogP contribution in [0.2, 0.25) is 0 Å². The van der Waals surface area contributed by atoms with E-state index in [9.17, 15) is 0 Å². The van der Waals surface area contributed by atoms with Gasteiger partial charge in [-0.05, 0) is 212 Å². The van der Waals surface area contributed by atoms with Gasteiger partial charge >= 0.3 is 0 Å². The molecule has 0 bridgehead atoms. The van der Waals surface area contributed by atoms with Crippen LogP contribution in [0.15, 0.2) is 0 Å². The van der Waals surface area contributed by atoms with Crippen LogP contribution in [0.1, 0.15) is 337 Å². The molecule has 0 aromatic rings. The van der Waals surface area contributed by atoms with Gasteiger partial charge in [-0.2, -0.15) is 0 Å². The summed E-state index contributed by atoms with van der Waals surface area (Å²) in [6.45, 7) is 14.9. The molecule has 8 aliphatic carbocycles. The van der Waals surface area contributed by atoms with Crippen molar-refractivity contribution in [3.63, 3.8) is 0 Å². The van der Waals surface area contributed by atoms with Gasteiger partial charge in [-0.15, -0.1) is 0 Å². The Hall–Kier alpha value is -0.0800. The van der Waals surface area contributed by atoms with E-state index >= 15 is 0 Å². The standard InChI is InChI=1S/C69H126N2/c1-7-11-15-17-19-21-47-69(48-22-20-18-16-12-8-2)67-49-54(6)33-45-65(67)66-46-36-58(52-68(66)69)57-34-39-60(40-35-57)71(64-30-24-28-56(51-64)26-14-10-4)62-43-41-61(42-44-62)70(59-37-31-53(5)32-38-59)63-29-23-27-55(50-63)25-13-9-3/h53-68H,7-52H2,1-6H3. The Kier molecular flexibility index (Phi) is 23.8. The third kappa shape index (κ3) is 15.1. The van der Waals surface area contributed by atoms with Gasteiger partial charge in [0.1, 0.15) is 0 Å². The second-order valence-electron chi connectivity index (χ2n) is 28.8. The fourth-order valence-corrected chi connectivity index (χ4v) is 20.4. The van der Waals surface area contributed by atoms with E-state index in [1.54, 1.807) is 96.3 Å². The Bertz CT molecular complexity index is 1400. The first-order valence-corrected chi connectivity index (χ1v) is 34.4. The molecule has 0 spiro atoms. The fourth-order valence-electron chi connectivity index (χ4n) is 20.4. The smallest absolute Gasteiger partial charge is 0.0104 e. The van der Waals surface area contributed by atoms with Crippen LogP contribution >= 0.6 is 0 Å². The molecule has 71 heavy (non-hydrogen) atoms. The van der Waals surface area contributed by atoms with Crippen LogP contribution in [-0.2, 0) is 0 Å². The molecule has 0 aliphatic heterocycles. The number of hydrogen-bond acceptors (Lipinski definition) is 2. The van der Waals surface area contributed by atoms with Gasteiger partial charge in [0.15, 0.2) is 0 Å². The first-order chi connectivity index (χ1) is 34.8. The summed E-state index contributed by atoms with van der Waals surface area (Å²) >= 11 is 0. The van der Waals surface area contributed by atoms with E-state index in [4.69, 9.17) is 0 Å². The lowest BCUT2D eigenvalue weighted by Crippen LogP contribution is -2.57. The van der Waals surface area contributed by atoms with Crippen molar-refractivity contribution >= 4 is 0 Å². The largest absolute Gasteiger partial charge is 0.294 e. The van der Waals surface area contributed by atoms with Crippen LogP contribution in [0.4, 0.5) is 0 Å². The average molecular weight is 984 g/mol. The predicted octanol–water partition coefficient (Wildman–Crippen LogP) is 21.1. The maximum absolute atomic E-state index is 3.41. The minimum atomic E-state index is 0.680. The fraction of sp³-hybridized carbons (Fsp3) is 1.00. The molecule has 10 atom stereocenters. The quantitative estimate of drug-likeness (QED) is 0.0757. The molecule has 2 nitrogen and oxygen atoms in total. The van der Waals surface area contributed by atoms with Gasteiger partial charge in [0.2, 0.25) is 0 Å². The molecule has 0 aromatic heterocycles. The van der Waals surface area contributed by atoms with E-state index in [1.807, 2.05) is 0 Å². The number of rotatable bonds is 27. The molecule has 0 N–H and O–H groups in total. The Morgan fingerprint density at radius 2 is 0.718 bits per heavy atom. The lowest BCUT2D eigenvalue weighted by Gasteiger charge is -2.53. The minimum Gasteiger partial charge on any atom is -0.294 e. The summed E-state index contributed by atoms with van der Waals surface area (Å²) in [6, 6.07) is 5.26. The maximum Gasteiger partial charge on any atom is 0.0104 e. The van der Waals surface area contributed by atoms with Crippen molar-refractivity contribution in [1.29, 1.82) is 0 Å². The van der Waals surface area contributed by atoms with Crippen LogP contribution in [0.25, 0.3) is 0 Å². The highest BCUT2D eigenvalue weighted by Gasteiger charge is 2.61. The summed E-state index contributed by atoms with van der Waals surface area (Å²) in [7, 11) is 0. The van der Waals surface area contributed by atoms with Crippen LogP contribution < -0.4 is 0 Å². The van der Waals surface area contributed by atoms with Crippen molar-refractivity contribution in [2.24, 2.45) is 64.6 Å². The monoisotopic (exact) mass is 983 g/mol. The molecule has 0 saturated heterocycles. The van der Waals surface area contributed by atoms with Crippen molar-refractivity contribution in [2.45, 2.75) is 373 Å². The van der Waals surface area contributed by atoms with E-state index in [1.165, 1.54) is 199 Å². The molecule has 0 heterocycles. The zero-order chi connectivity index (χ0) is 49.4. The summed E-state index contributed by atoms with van der Waals surface area (Å²) in [5, 5.41) is 0. The van der Waals surface area contributed by atoms with Crippen molar-refractivity contribution in [3.05, 3.63) is 0 Å². The molecule has 8 rings (SSSR count). The zero-order valence-corrected chi connectivity index (χ0v) is 49.2. The second-order valence-corrected chi connectivity index (χ2v) is 28.8. The average Bonchev–Trinajstić information content (AvgIpc) is 3.66. The highest BCUT2D eigenvalue weighted by Crippen LogP contribution is 2.68. The Morgan fingerprint density at radius 3 is 1.21 bits per heavy atom. The molecular weight excluding hydrogens is 857 g/mol. The van der Waals surface area contributed by atoms with Crippen molar-refractivity contribution < 1.29 is 0 Å². The highest BCUT2D eigenvalue weighted by molar-refractivity contribution is 5.10. The van der Waals surface area contributed by atoms with Gasteiger partial charge in [0, 0.05) is 36.3 Å². The Morgan fingerprint density at radius 1 is 0.324 bits per heavy atom. The second kappa shape index (κ2) is 29.6. The Balaban J connectivity index is 0.951. The minimum absolute atomic E-state index is 0.680. The lowest BCUT2D eigenvalue weighted by atomic mass is 9.57. The molecule has 10 unspecified atom stereocenters.